The molecule has 0 aromatic carbocycles. The van der Waals surface area contributed by atoms with Crippen LogP contribution in [0.3, 0.4) is 0 Å². The quantitative estimate of drug-likeness (QED) is 0.424. The van der Waals surface area contributed by atoms with Gasteiger partial charge in [-0.25, -0.2) is 0 Å². The standard InChI is InChI=1S/C7H15N2.CH3.Ni.Y/c1-6(8-4)7(2,3)9-5;;;/h1-5H3;1H3;;/q2*-1;+2;. The van der Waals surface area contributed by atoms with Crippen LogP contribution in [-0.2, 0) is 49.2 Å². The Hall–Kier alpha value is 1.23. The number of hydrogen-bond donors (Lipinski definition) is 0. The molecule has 2 nitrogen and oxygen atoms in total. The largest absolute Gasteiger partial charge is 2.00 e. The van der Waals surface area contributed by atoms with E-state index < -0.39 is 0 Å². The monoisotopic (exact) mass is 289 g/mol. The Labute approximate surface area is 112 Å². The van der Waals surface area contributed by atoms with Crippen LogP contribution in [0.1, 0.15) is 20.8 Å². The average Bonchev–Trinajstić information content (AvgIpc) is 1.86. The van der Waals surface area contributed by atoms with E-state index in [0.29, 0.717) is 0 Å². The Balaban J connectivity index is -0.000000107. The van der Waals surface area contributed by atoms with Gasteiger partial charge in [-0.1, -0.05) is 19.4 Å². The van der Waals surface area contributed by atoms with Crippen LogP contribution in [0.4, 0.5) is 0 Å². The molecule has 1 radical (unpaired) electrons. The smallest absolute Gasteiger partial charge is 0.655 e. The maximum absolute atomic E-state index is 4.16. The van der Waals surface area contributed by atoms with Crippen molar-refractivity contribution >= 4 is 5.71 Å². The van der Waals surface area contributed by atoms with Gasteiger partial charge in [0.25, 0.3) is 0 Å². The maximum atomic E-state index is 4.16. The molecule has 12 heavy (non-hydrogen) atoms. The summed E-state index contributed by atoms with van der Waals surface area (Å²) in [7, 11) is 3.61. The predicted molar refractivity (Wildman–Crippen MR) is 48.8 cm³/mol. The normalized spacial score (nSPS) is 10.6. The Morgan fingerprint density at radius 1 is 1.33 bits per heavy atom. The fraction of sp³-hybridized carbons (Fsp3) is 0.750. The first-order valence-electron chi connectivity index (χ1n) is 3.09. The Morgan fingerprint density at radius 2 is 1.67 bits per heavy atom. The molecule has 0 heterocycles. The van der Waals surface area contributed by atoms with E-state index in [2.05, 4.69) is 24.2 Å². The van der Waals surface area contributed by atoms with Crippen molar-refractivity contribution < 1.29 is 49.2 Å². The average molecular weight is 290 g/mol. The summed E-state index contributed by atoms with van der Waals surface area (Å²) in [4.78, 5) is 4.05. The predicted octanol–water partition coefficient (Wildman–Crippen LogP) is 2.30. The molecule has 0 atom stereocenters. The number of hydrogen-bond acceptors (Lipinski definition) is 1. The summed E-state index contributed by atoms with van der Waals surface area (Å²) in [5.41, 5.74) is 0.999. The zero-order valence-corrected chi connectivity index (χ0v) is 12.6. The van der Waals surface area contributed by atoms with E-state index in [4.69, 9.17) is 0 Å². The van der Waals surface area contributed by atoms with Crippen LogP contribution in [0.25, 0.3) is 5.32 Å². The van der Waals surface area contributed by atoms with Crippen molar-refractivity contribution in [2.24, 2.45) is 4.99 Å². The van der Waals surface area contributed by atoms with Crippen molar-refractivity contribution in [3.8, 4) is 0 Å². The third-order valence-corrected chi connectivity index (χ3v) is 1.78. The third-order valence-electron chi connectivity index (χ3n) is 1.78. The molecule has 0 bridgehead atoms. The summed E-state index contributed by atoms with van der Waals surface area (Å²) in [5.74, 6) is 0. The Morgan fingerprint density at radius 3 is 1.75 bits per heavy atom. The minimum absolute atomic E-state index is 0. The minimum atomic E-state index is -0.0747. The van der Waals surface area contributed by atoms with Crippen molar-refractivity contribution in [3.05, 3.63) is 12.7 Å². The maximum Gasteiger partial charge on any atom is 2.00 e. The molecule has 4 heteroatoms. The molecule has 0 aliphatic rings. The second-order valence-corrected chi connectivity index (χ2v) is 2.59. The van der Waals surface area contributed by atoms with E-state index in [1.54, 1.807) is 7.05 Å². The first-order valence-corrected chi connectivity index (χ1v) is 3.09. The molecule has 0 N–H and O–H groups in total. The second-order valence-electron chi connectivity index (χ2n) is 2.59. The van der Waals surface area contributed by atoms with Gasteiger partial charge in [0.2, 0.25) is 0 Å². The molecule has 0 unspecified atom stereocenters. The molecular formula is C8H18N2NiY. The topological polar surface area (TPSA) is 26.5 Å². The van der Waals surface area contributed by atoms with Gasteiger partial charge >= 0.3 is 16.5 Å². The van der Waals surface area contributed by atoms with Gasteiger partial charge in [-0.2, -0.15) is 7.05 Å². The van der Waals surface area contributed by atoms with Gasteiger partial charge < -0.3 is 12.7 Å². The summed E-state index contributed by atoms with van der Waals surface area (Å²) in [6, 6.07) is 0. The Kier molecular flexibility index (Phi) is 20.0. The SMILES string of the molecule is CN=C(C)C(C)(C)[N-]C.[CH3-].[Ni+2].[Y]. The zero-order valence-electron chi connectivity index (χ0n) is 8.79. The molecule has 0 aliphatic carbocycles. The van der Waals surface area contributed by atoms with Crippen LogP contribution >= 0.6 is 0 Å². The van der Waals surface area contributed by atoms with Crippen LogP contribution in [0.2, 0.25) is 0 Å². The molecule has 0 aliphatic heterocycles. The van der Waals surface area contributed by atoms with E-state index in [1.165, 1.54) is 0 Å². The van der Waals surface area contributed by atoms with E-state index >= 15 is 0 Å². The molecule has 0 rings (SSSR count). The van der Waals surface area contributed by atoms with Gasteiger partial charge in [0, 0.05) is 39.8 Å². The van der Waals surface area contributed by atoms with Gasteiger partial charge in [-0.15, -0.1) is 0 Å². The van der Waals surface area contributed by atoms with Gasteiger partial charge in [-0.3, -0.25) is 4.99 Å². The van der Waals surface area contributed by atoms with Crippen molar-refractivity contribution in [1.82, 2.24) is 0 Å². The molecule has 0 spiro atoms. The van der Waals surface area contributed by atoms with Crippen molar-refractivity contribution in [2.45, 2.75) is 26.3 Å². The zero-order chi connectivity index (χ0) is 7.49. The van der Waals surface area contributed by atoms with Crippen molar-refractivity contribution in [1.29, 1.82) is 0 Å². The summed E-state index contributed by atoms with van der Waals surface area (Å²) in [6.07, 6.45) is 0. The summed E-state index contributed by atoms with van der Waals surface area (Å²) in [5, 5.41) is 4.16. The summed E-state index contributed by atoms with van der Waals surface area (Å²) >= 11 is 0. The molecule has 0 saturated heterocycles. The Bertz CT molecular complexity index is 124. The van der Waals surface area contributed by atoms with E-state index in [1.807, 2.05) is 14.0 Å². The van der Waals surface area contributed by atoms with E-state index in [0.717, 1.165) is 5.71 Å². The van der Waals surface area contributed by atoms with Gasteiger partial charge in [0.05, 0.1) is 0 Å². The molecule has 0 saturated carbocycles. The van der Waals surface area contributed by atoms with Crippen LogP contribution in [0, 0.1) is 7.43 Å². The van der Waals surface area contributed by atoms with Crippen LogP contribution in [0.15, 0.2) is 4.99 Å². The van der Waals surface area contributed by atoms with Crippen LogP contribution in [0.5, 0.6) is 0 Å². The van der Waals surface area contributed by atoms with E-state index in [9.17, 15) is 0 Å². The molecule has 0 aromatic rings. The van der Waals surface area contributed by atoms with Crippen LogP contribution in [-0.4, -0.2) is 25.3 Å². The van der Waals surface area contributed by atoms with Crippen molar-refractivity contribution in [3.63, 3.8) is 0 Å². The summed E-state index contributed by atoms with van der Waals surface area (Å²) in [6.45, 7) is 6.09. The molecule has 73 valence electrons. The van der Waals surface area contributed by atoms with Crippen LogP contribution < -0.4 is 0 Å². The van der Waals surface area contributed by atoms with Gasteiger partial charge in [0.1, 0.15) is 0 Å². The summed E-state index contributed by atoms with van der Waals surface area (Å²) < 4.78 is 0. The molecular weight excluding hydrogens is 272 g/mol. The number of nitrogens with zero attached hydrogens (tertiary/aromatic N) is 2. The third kappa shape index (κ3) is 7.85. The van der Waals surface area contributed by atoms with Gasteiger partial charge in [0.15, 0.2) is 0 Å². The first-order chi connectivity index (χ1) is 4.04. The fourth-order valence-electron chi connectivity index (χ4n) is 0.435. The number of rotatable bonds is 2. The number of aliphatic imine (C=N–C) groups is 1. The minimum Gasteiger partial charge on any atom is -0.655 e. The molecule has 0 amide bonds. The molecule has 0 fully saturated rings. The van der Waals surface area contributed by atoms with Crippen molar-refractivity contribution in [2.75, 3.05) is 14.1 Å². The van der Waals surface area contributed by atoms with Gasteiger partial charge in [-0.05, 0) is 12.6 Å². The fourth-order valence-corrected chi connectivity index (χ4v) is 0.435. The second kappa shape index (κ2) is 10.3. The van der Waals surface area contributed by atoms with E-state index in [-0.39, 0.29) is 62.2 Å². The molecule has 0 aromatic heterocycles. The first kappa shape index (κ1) is 23.2.